The van der Waals surface area contributed by atoms with Crippen LogP contribution in [0.2, 0.25) is 0 Å². The standard InChI is InChI=1S/C16H16F2N2O5/c17-10-4-2-1-3-9(10)7-24-8-13-12(21)5-14(25-13)20-6-11(18)15(22)19-16(20)23/h1-4,6,12-14,21H,5,7-8H2,(H,19,22,23)/t12?,13-,14-/m0/s1. The number of halogens is 2. The minimum Gasteiger partial charge on any atom is -0.390 e. The lowest BCUT2D eigenvalue weighted by Gasteiger charge is -2.16. The van der Waals surface area contributed by atoms with Crippen molar-refractivity contribution in [3.63, 3.8) is 0 Å². The van der Waals surface area contributed by atoms with Gasteiger partial charge in [-0.1, -0.05) is 18.2 Å². The Morgan fingerprint density at radius 2 is 2.04 bits per heavy atom. The molecule has 0 bridgehead atoms. The monoisotopic (exact) mass is 354 g/mol. The number of aromatic amines is 1. The zero-order valence-electron chi connectivity index (χ0n) is 13.0. The molecule has 2 N–H and O–H groups in total. The number of hydrogen-bond acceptors (Lipinski definition) is 5. The number of benzene rings is 1. The van der Waals surface area contributed by atoms with Gasteiger partial charge in [0, 0.05) is 12.0 Å². The second-order valence-corrected chi connectivity index (χ2v) is 5.68. The number of H-pyrrole nitrogens is 1. The Morgan fingerprint density at radius 1 is 1.28 bits per heavy atom. The van der Waals surface area contributed by atoms with Crippen molar-refractivity contribution in [1.82, 2.24) is 9.55 Å². The number of rotatable bonds is 5. The van der Waals surface area contributed by atoms with E-state index < -0.39 is 41.3 Å². The van der Waals surface area contributed by atoms with Crippen LogP contribution in [-0.4, -0.2) is 33.5 Å². The number of hydrogen-bond donors (Lipinski definition) is 2. The topological polar surface area (TPSA) is 93.6 Å². The number of nitrogens with zero attached hydrogens (tertiary/aromatic N) is 1. The van der Waals surface area contributed by atoms with E-state index in [1.165, 1.54) is 6.07 Å². The lowest BCUT2D eigenvalue weighted by atomic mass is 10.2. The van der Waals surface area contributed by atoms with Crippen LogP contribution in [0.3, 0.4) is 0 Å². The maximum Gasteiger partial charge on any atom is 0.330 e. The third-order valence-corrected chi connectivity index (χ3v) is 3.94. The Balaban J connectivity index is 1.62. The largest absolute Gasteiger partial charge is 0.390 e. The Bertz CT molecular complexity index is 866. The quantitative estimate of drug-likeness (QED) is 0.824. The molecule has 1 aromatic carbocycles. The van der Waals surface area contributed by atoms with Crippen molar-refractivity contribution in [2.75, 3.05) is 6.61 Å². The molecule has 1 saturated heterocycles. The van der Waals surface area contributed by atoms with Crippen molar-refractivity contribution < 1.29 is 23.4 Å². The molecule has 9 heteroatoms. The lowest BCUT2D eigenvalue weighted by Crippen LogP contribution is -2.34. The number of aliphatic hydroxyl groups excluding tert-OH is 1. The van der Waals surface area contributed by atoms with E-state index in [2.05, 4.69) is 0 Å². The fourth-order valence-corrected chi connectivity index (χ4v) is 2.61. The van der Waals surface area contributed by atoms with Gasteiger partial charge in [0.25, 0.3) is 5.56 Å². The summed E-state index contributed by atoms with van der Waals surface area (Å²) in [7, 11) is 0. The van der Waals surface area contributed by atoms with Gasteiger partial charge in [0.1, 0.15) is 18.1 Å². The first-order valence-corrected chi connectivity index (χ1v) is 7.61. The van der Waals surface area contributed by atoms with Gasteiger partial charge < -0.3 is 14.6 Å². The molecule has 1 unspecified atom stereocenters. The highest BCUT2D eigenvalue weighted by Gasteiger charge is 2.35. The predicted molar refractivity (Wildman–Crippen MR) is 81.9 cm³/mol. The first-order chi connectivity index (χ1) is 12.0. The Morgan fingerprint density at radius 3 is 2.80 bits per heavy atom. The molecule has 0 amide bonds. The summed E-state index contributed by atoms with van der Waals surface area (Å²) in [4.78, 5) is 24.6. The van der Waals surface area contributed by atoms with Crippen molar-refractivity contribution in [3.8, 4) is 0 Å². The van der Waals surface area contributed by atoms with E-state index in [1.807, 2.05) is 4.98 Å². The van der Waals surface area contributed by atoms with Gasteiger partial charge in [-0.05, 0) is 6.07 Å². The Hall–Kier alpha value is -2.36. The van der Waals surface area contributed by atoms with Crippen LogP contribution < -0.4 is 11.2 Å². The summed E-state index contributed by atoms with van der Waals surface area (Å²) in [5, 5.41) is 10.0. The SMILES string of the molecule is O=c1[nH]c(=O)n([C@@H]2CC(O)[C@H](COCc3ccccc3F)O2)cc1F. The van der Waals surface area contributed by atoms with Crippen molar-refractivity contribution in [3.05, 3.63) is 68.5 Å². The molecule has 3 atom stereocenters. The highest BCUT2D eigenvalue weighted by molar-refractivity contribution is 5.16. The minimum atomic E-state index is -1.13. The highest BCUT2D eigenvalue weighted by Crippen LogP contribution is 2.28. The van der Waals surface area contributed by atoms with Gasteiger partial charge in [-0.25, -0.2) is 9.18 Å². The van der Waals surface area contributed by atoms with Gasteiger partial charge >= 0.3 is 5.69 Å². The second-order valence-electron chi connectivity index (χ2n) is 5.68. The summed E-state index contributed by atoms with van der Waals surface area (Å²) >= 11 is 0. The number of nitrogens with one attached hydrogen (secondary N) is 1. The molecule has 2 heterocycles. The average molecular weight is 354 g/mol. The van der Waals surface area contributed by atoms with Crippen molar-refractivity contribution >= 4 is 0 Å². The average Bonchev–Trinajstić information content (AvgIpc) is 2.93. The minimum absolute atomic E-state index is 0.00282. The molecule has 0 aliphatic carbocycles. The van der Waals surface area contributed by atoms with Gasteiger partial charge in [-0.15, -0.1) is 0 Å². The zero-order chi connectivity index (χ0) is 18.0. The number of ether oxygens (including phenoxy) is 2. The van der Waals surface area contributed by atoms with Crippen LogP contribution in [0, 0.1) is 11.6 Å². The molecule has 134 valence electrons. The normalized spacial score (nSPS) is 23.1. The van der Waals surface area contributed by atoms with E-state index >= 15 is 0 Å². The summed E-state index contributed by atoms with van der Waals surface area (Å²) < 4.78 is 38.6. The molecule has 3 rings (SSSR count). The van der Waals surface area contributed by atoms with Crippen LogP contribution in [0.25, 0.3) is 0 Å². The van der Waals surface area contributed by atoms with Crippen LogP contribution in [-0.2, 0) is 16.1 Å². The molecule has 0 spiro atoms. The highest BCUT2D eigenvalue weighted by atomic mass is 19.1. The molecule has 1 aliphatic heterocycles. The first kappa shape index (κ1) is 17.5. The number of aliphatic hydroxyl groups is 1. The Kier molecular flexibility index (Phi) is 5.07. The van der Waals surface area contributed by atoms with Crippen molar-refractivity contribution in [2.45, 2.75) is 31.5 Å². The van der Waals surface area contributed by atoms with E-state index in [4.69, 9.17) is 9.47 Å². The smallest absolute Gasteiger partial charge is 0.330 e. The zero-order valence-corrected chi connectivity index (χ0v) is 13.0. The molecular formula is C16H16F2N2O5. The van der Waals surface area contributed by atoms with Crippen LogP contribution in [0.5, 0.6) is 0 Å². The summed E-state index contributed by atoms with van der Waals surface area (Å²) in [5.74, 6) is -1.53. The molecular weight excluding hydrogens is 338 g/mol. The van der Waals surface area contributed by atoms with Crippen LogP contribution in [0.15, 0.2) is 40.1 Å². The molecule has 7 nitrogen and oxygen atoms in total. The van der Waals surface area contributed by atoms with Gasteiger partial charge in [0.15, 0.2) is 0 Å². The first-order valence-electron chi connectivity index (χ1n) is 7.61. The van der Waals surface area contributed by atoms with Crippen LogP contribution in [0.1, 0.15) is 18.2 Å². The summed E-state index contributed by atoms with van der Waals surface area (Å²) in [6, 6.07) is 6.13. The van der Waals surface area contributed by atoms with Crippen LogP contribution >= 0.6 is 0 Å². The van der Waals surface area contributed by atoms with Gasteiger partial charge in [-0.3, -0.25) is 14.3 Å². The fourth-order valence-electron chi connectivity index (χ4n) is 2.61. The molecule has 0 radical (unpaired) electrons. The number of aromatic nitrogens is 2. The third-order valence-electron chi connectivity index (χ3n) is 3.94. The molecule has 1 fully saturated rings. The van der Waals surface area contributed by atoms with Gasteiger partial charge in [-0.2, -0.15) is 4.39 Å². The lowest BCUT2D eigenvalue weighted by molar-refractivity contribution is -0.0672. The molecule has 2 aromatic rings. The van der Waals surface area contributed by atoms with E-state index in [0.29, 0.717) is 5.56 Å². The molecule has 0 saturated carbocycles. The summed E-state index contributed by atoms with van der Waals surface area (Å²) in [5.41, 5.74) is -1.59. The van der Waals surface area contributed by atoms with E-state index in [1.54, 1.807) is 18.2 Å². The maximum absolute atomic E-state index is 13.5. The van der Waals surface area contributed by atoms with Crippen LogP contribution in [0.4, 0.5) is 8.78 Å². The van der Waals surface area contributed by atoms with Gasteiger partial charge in [0.2, 0.25) is 5.82 Å². The summed E-state index contributed by atoms with van der Waals surface area (Å²) in [6.45, 7) is -0.0380. The third kappa shape index (κ3) is 3.84. The molecule has 1 aromatic heterocycles. The predicted octanol–water partition coefficient (Wildman–Crippen LogP) is 0.680. The fraction of sp³-hybridized carbons (Fsp3) is 0.375. The second kappa shape index (κ2) is 7.26. The maximum atomic E-state index is 13.5. The molecule has 25 heavy (non-hydrogen) atoms. The van der Waals surface area contributed by atoms with E-state index in [9.17, 15) is 23.5 Å². The van der Waals surface area contributed by atoms with E-state index in [-0.39, 0.29) is 19.6 Å². The summed E-state index contributed by atoms with van der Waals surface area (Å²) in [6.07, 6.45) is -1.89. The van der Waals surface area contributed by atoms with Gasteiger partial charge in [0.05, 0.1) is 25.5 Å². The Labute approximate surface area is 140 Å². The molecule has 1 aliphatic rings. The van der Waals surface area contributed by atoms with Crippen molar-refractivity contribution in [1.29, 1.82) is 0 Å². The van der Waals surface area contributed by atoms with E-state index in [0.717, 1.165) is 10.8 Å². The van der Waals surface area contributed by atoms with Crippen molar-refractivity contribution in [2.24, 2.45) is 0 Å².